The Hall–Kier alpha value is -1.27. The summed E-state index contributed by atoms with van der Waals surface area (Å²) in [6, 6.07) is 0. The van der Waals surface area contributed by atoms with Gasteiger partial charge in [0.15, 0.2) is 0 Å². The van der Waals surface area contributed by atoms with Crippen LogP contribution in [0.25, 0.3) is 0 Å². The number of aromatic nitrogens is 2. The predicted octanol–water partition coefficient (Wildman–Crippen LogP) is 1.02. The van der Waals surface area contributed by atoms with Crippen LogP contribution in [0.2, 0.25) is 0 Å². The lowest BCUT2D eigenvalue weighted by atomic mass is 10.3. The second-order valence-corrected chi connectivity index (χ2v) is 2.85. The van der Waals surface area contributed by atoms with Crippen molar-refractivity contribution >= 4 is 0 Å². The van der Waals surface area contributed by atoms with E-state index in [1.807, 2.05) is 17.1 Å². The largest absolute Gasteiger partial charge is 0.313 e. The van der Waals surface area contributed by atoms with Crippen molar-refractivity contribution in [2.75, 3.05) is 6.54 Å². The molecule has 13 heavy (non-hydrogen) atoms. The normalized spacial score (nSPS) is 9.85. The number of aryl methyl sites for hydroxylation is 1. The van der Waals surface area contributed by atoms with Crippen LogP contribution in [0.15, 0.2) is 12.4 Å². The number of rotatable bonds is 5. The molecule has 0 spiro atoms. The summed E-state index contributed by atoms with van der Waals surface area (Å²) in [7, 11) is 0. The predicted molar refractivity (Wildman–Crippen MR) is 53.1 cm³/mol. The summed E-state index contributed by atoms with van der Waals surface area (Å²) in [6.45, 7) is 4.76. The van der Waals surface area contributed by atoms with Crippen LogP contribution in [0.4, 0.5) is 0 Å². The zero-order chi connectivity index (χ0) is 9.52. The van der Waals surface area contributed by atoms with E-state index in [1.165, 1.54) is 5.56 Å². The fourth-order valence-corrected chi connectivity index (χ4v) is 1.07. The van der Waals surface area contributed by atoms with Gasteiger partial charge in [0.05, 0.1) is 12.7 Å². The Kier molecular flexibility index (Phi) is 4.07. The van der Waals surface area contributed by atoms with E-state index in [2.05, 4.69) is 23.3 Å². The maximum Gasteiger partial charge on any atom is 0.0534 e. The fraction of sp³-hybridized carbons (Fsp3) is 0.500. The number of terminal acetylenes is 1. The third-order valence-corrected chi connectivity index (χ3v) is 1.75. The molecule has 0 aliphatic carbocycles. The molecule has 1 N–H and O–H groups in total. The van der Waals surface area contributed by atoms with E-state index in [4.69, 9.17) is 6.42 Å². The minimum absolute atomic E-state index is 0.738. The lowest BCUT2D eigenvalue weighted by Crippen LogP contribution is -2.11. The van der Waals surface area contributed by atoms with Gasteiger partial charge in [-0.25, -0.2) is 0 Å². The molecule has 70 valence electrons. The first-order chi connectivity index (χ1) is 6.36. The Labute approximate surface area is 79.1 Å². The molecule has 1 aromatic rings. The van der Waals surface area contributed by atoms with E-state index >= 15 is 0 Å². The topological polar surface area (TPSA) is 29.9 Å². The molecule has 0 bridgehead atoms. The molecular formula is C10H15N3. The Morgan fingerprint density at radius 2 is 2.54 bits per heavy atom. The lowest BCUT2D eigenvalue weighted by molar-refractivity contribution is 0.628. The highest BCUT2D eigenvalue weighted by atomic mass is 15.3. The van der Waals surface area contributed by atoms with Gasteiger partial charge in [-0.3, -0.25) is 4.68 Å². The number of hydrogen-bond acceptors (Lipinski definition) is 2. The van der Waals surface area contributed by atoms with Crippen molar-refractivity contribution in [2.24, 2.45) is 0 Å². The van der Waals surface area contributed by atoms with Crippen LogP contribution in [0.5, 0.6) is 0 Å². The van der Waals surface area contributed by atoms with E-state index < -0.39 is 0 Å². The molecule has 0 aromatic carbocycles. The average Bonchev–Trinajstić information content (AvgIpc) is 2.59. The monoisotopic (exact) mass is 177 g/mol. The first-order valence-electron chi connectivity index (χ1n) is 4.52. The van der Waals surface area contributed by atoms with Gasteiger partial charge in [-0.05, 0) is 6.54 Å². The van der Waals surface area contributed by atoms with E-state index in [-0.39, 0.29) is 0 Å². The fourth-order valence-electron chi connectivity index (χ4n) is 1.07. The molecule has 3 nitrogen and oxygen atoms in total. The highest BCUT2D eigenvalue weighted by Gasteiger charge is 1.96. The smallest absolute Gasteiger partial charge is 0.0534 e. The van der Waals surface area contributed by atoms with Gasteiger partial charge >= 0.3 is 0 Å². The zero-order valence-electron chi connectivity index (χ0n) is 7.95. The Morgan fingerprint density at radius 1 is 1.69 bits per heavy atom. The molecule has 0 fully saturated rings. The van der Waals surface area contributed by atoms with Gasteiger partial charge in [-0.1, -0.05) is 6.92 Å². The molecule has 0 aliphatic heterocycles. The SMILES string of the molecule is C#CCCn1cc(CNCC)cn1. The third kappa shape index (κ3) is 3.30. The molecule has 0 saturated carbocycles. The summed E-state index contributed by atoms with van der Waals surface area (Å²) >= 11 is 0. The quantitative estimate of drug-likeness (QED) is 0.680. The van der Waals surface area contributed by atoms with Gasteiger partial charge in [0.25, 0.3) is 0 Å². The van der Waals surface area contributed by atoms with Crippen molar-refractivity contribution in [3.63, 3.8) is 0 Å². The van der Waals surface area contributed by atoms with Gasteiger partial charge in [0, 0.05) is 24.7 Å². The first kappa shape index (κ1) is 9.82. The summed E-state index contributed by atoms with van der Waals surface area (Å²) in [6.07, 6.45) is 9.80. The third-order valence-electron chi connectivity index (χ3n) is 1.75. The number of nitrogens with one attached hydrogen (secondary N) is 1. The van der Waals surface area contributed by atoms with E-state index in [9.17, 15) is 0 Å². The van der Waals surface area contributed by atoms with Crippen LogP contribution < -0.4 is 5.32 Å². The molecule has 0 amide bonds. The van der Waals surface area contributed by atoms with Crippen molar-refractivity contribution in [2.45, 2.75) is 26.4 Å². The van der Waals surface area contributed by atoms with Crippen molar-refractivity contribution in [3.05, 3.63) is 18.0 Å². The van der Waals surface area contributed by atoms with Crippen molar-refractivity contribution < 1.29 is 0 Å². The van der Waals surface area contributed by atoms with Crippen LogP contribution in [-0.4, -0.2) is 16.3 Å². The van der Waals surface area contributed by atoms with Crippen LogP contribution in [0.1, 0.15) is 18.9 Å². The maximum absolute atomic E-state index is 5.16. The maximum atomic E-state index is 5.16. The molecule has 3 heteroatoms. The summed E-state index contributed by atoms with van der Waals surface area (Å²) in [4.78, 5) is 0. The Balaban J connectivity index is 2.40. The highest BCUT2D eigenvalue weighted by molar-refractivity contribution is 5.03. The molecule has 1 aromatic heterocycles. The lowest BCUT2D eigenvalue weighted by Gasteiger charge is -1.96. The second-order valence-electron chi connectivity index (χ2n) is 2.85. The van der Waals surface area contributed by atoms with Gasteiger partial charge in [-0.15, -0.1) is 12.3 Å². The number of nitrogens with zero attached hydrogens (tertiary/aromatic N) is 2. The van der Waals surface area contributed by atoms with Crippen molar-refractivity contribution in [3.8, 4) is 12.3 Å². The summed E-state index contributed by atoms with van der Waals surface area (Å²) in [5.41, 5.74) is 1.21. The second kappa shape index (κ2) is 5.39. The van der Waals surface area contributed by atoms with Gasteiger partial charge in [0.2, 0.25) is 0 Å². The van der Waals surface area contributed by atoms with Gasteiger partial charge in [0.1, 0.15) is 0 Å². The molecule has 0 saturated heterocycles. The molecule has 0 aliphatic rings. The summed E-state index contributed by atoms with van der Waals surface area (Å²) < 4.78 is 1.88. The minimum atomic E-state index is 0.738. The van der Waals surface area contributed by atoms with E-state index in [0.29, 0.717) is 0 Å². The summed E-state index contributed by atoms with van der Waals surface area (Å²) in [5.74, 6) is 2.59. The molecule has 0 unspecified atom stereocenters. The highest BCUT2D eigenvalue weighted by Crippen LogP contribution is 1.97. The van der Waals surface area contributed by atoms with Crippen LogP contribution in [0, 0.1) is 12.3 Å². The summed E-state index contributed by atoms with van der Waals surface area (Å²) in [5, 5.41) is 7.43. The minimum Gasteiger partial charge on any atom is -0.313 e. The standard InChI is InChI=1S/C10H15N3/c1-3-5-6-13-9-10(8-12-13)7-11-4-2/h1,8-9,11H,4-7H2,2H3. The molecular weight excluding hydrogens is 162 g/mol. The Bertz CT molecular complexity index is 283. The molecule has 0 radical (unpaired) electrons. The van der Waals surface area contributed by atoms with Crippen LogP contribution >= 0.6 is 0 Å². The van der Waals surface area contributed by atoms with Crippen molar-refractivity contribution in [1.29, 1.82) is 0 Å². The average molecular weight is 177 g/mol. The molecule has 1 rings (SSSR count). The van der Waals surface area contributed by atoms with Gasteiger partial charge < -0.3 is 5.32 Å². The van der Waals surface area contributed by atoms with E-state index in [0.717, 1.165) is 26.1 Å². The molecule has 1 heterocycles. The van der Waals surface area contributed by atoms with E-state index in [1.54, 1.807) is 0 Å². The Morgan fingerprint density at radius 3 is 3.23 bits per heavy atom. The zero-order valence-corrected chi connectivity index (χ0v) is 7.95. The first-order valence-corrected chi connectivity index (χ1v) is 4.52. The van der Waals surface area contributed by atoms with Crippen LogP contribution in [-0.2, 0) is 13.1 Å². The number of hydrogen-bond donors (Lipinski definition) is 1. The van der Waals surface area contributed by atoms with Crippen molar-refractivity contribution in [1.82, 2.24) is 15.1 Å². The van der Waals surface area contributed by atoms with Gasteiger partial charge in [-0.2, -0.15) is 5.10 Å². The van der Waals surface area contributed by atoms with Crippen LogP contribution in [0.3, 0.4) is 0 Å². The molecule has 0 atom stereocenters.